The topological polar surface area (TPSA) is 55.4 Å². The summed E-state index contributed by atoms with van der Waals surface area (Å²) < 4.78 is 6.23. The van der Waals surface area contributed by atoms with E-state index in [2.05, 4.69) is 21.2 Å². The number of hydrogen-bond acceptors (Lipinski definition) is 3. The maximum atomic E-state index is 11.5. The third kappa shape index (κ3) is 3.85. The second kappa shape index (κ2) is 6.39. The van der Waals surface area contributed by atoms with Crippen LogP contribution in [0.25, 0.3) is 0 Å². The minimum atomic E-state index is -0.630. The number of likely N-dealkylation sites (N-methyl/N-ethyl adjacent to an activating group) is 1. The second-order valence-corrected chi connectivity index (χ2v) is 4.37. The third-order valence-electron chi connectivity index (χ3n) is 2.12. The lowest BCUT2D eigenvalue weighted by Gasteiger charge is -2.15. The van der Waals surface area contributed by atoms with Crippen LogP contribution < -0.4 is 10.1 Å². The second-order valence-electron chi connectivity index (χ2n) is 3.45. The van der Waals surface area contributed by atoms with E-state index in [9.17, 15) is 9.59 Å². The van der Waals surface area contributed by atoms with Crippen LogP contribution in [0.15, 0.2) is 22.7 Å². The smallest absolute Gasteiger partial charge is 0.260 e. The van der Waals surface area contributed by atoms with E-state index < -0.39 is 6.10 Å². The standard InChI is InChI=1S/C12H14BrNO3/c1-3-14-12(16)8(2)17-11-5-4-10(13)6-9(11)7-15/h4-8H,3H2,1-2H3,(H,14,16)/t8-/m1/s1. The van der Waals surface area contributed by atoms with Gasteiger partial charge in [0.1, 0.15) is 5.75 Å². The van der Waals surface area contributed by atoms with E-state index in [0.29, 0.717) is 24.1 Å². The Morgan fingerprint density at radius 2 is 2.29 bits per heavy atom. The van der Waals surface area contributed by atoms with Gasteiger partial charge in [0.15, 0.2) is 12.4 Å². The average molecular weight is 300 g/mol. The fraction of sp³-hybridized carbons (Fsp3) is 0.333. The molecule has 0 aliphatic carbocycles. The van der Waals surface area contributed by atoms with E-state index in [4.69, 9.17) is 4.74 Å². The zero-order valence-electron chi connectivity index (χ0n) is 9.70. The highest BCUT2D eigenvalue weighted by molar-refractivity contribution is 9.10. The Morgan fingerprint density at radius 3 is 2.88 bits per heavy atom. The quantitative estimate of drug-likeness (QED) is 0.848. The number of nitrogens with one attached hydrogen (secondary N) is 1. The van der Waals surface area contributed by atoms with Gasteiger partial charge in [-0.2, -0.15) is 0 Å². The molecule has 1 aromatic carbocycles. The van der Waals surface area contributed by atoms with E-state index in [1.807, 2.05) is 6.92 Å². The molecule has 0 unspecified atom stereocenters. The van der Waals surface area contributed by atoms with Crippen molar-refractivity contribution in [1.29, 1.82) is 0 Å². The number of aldehydes is 1. The highest BCUT2D eigenvalue weighted by Crippen LogP contribution is 2.22. The third-order valence-corrected chi connectivity index (χ3v) is 2.62. The van der Waals surface area contributed by atoms with Crippen LogP contribution in [-0.2, 0) is 4.79 Å². The van der Waals surface area contributed by atoms with Gasteiger partial charge in [-0.25, -0.2) is 0 Å². The molecule has 0 aliphatic heterocycles. The molecule has 0 heterocycles. The first-order valence-corrected chi connectivity index (χ1v) is 6.07. The first-order chi connectivity index (χ1) is 8.08. The van der Waals surface area contributed by atoms with Gasteiger partial charge in [0.2, 0.25) is 0 Å². The minimum Gasteiger partial charge on any atom is -0.480 e. The van der Waals surface area contributed by atoms with Crippen molar-refractivity contribution < 1.29 is 14.3 Å². The molecule has 0 fully saturated rings. The lowest BCUT2D eigenvalue weighted by atomic mass is 10.2. The number of benzene rings is 1. The van der Waals surface area contributed by atoms with Crippen LogP contribution >= 0.6 is 15.9 Å². The van der Waals surface area contributed by atoms with Crippen molar-refractivity contribution in [1.82, 2.24) is 5.32 Å². The first kappa shape index (κ1) is 13.7. The van der Waals surface area contributed by atoms with Crippen molar-refractivity contribution in [3.05, 3.63) is 28.2 Å². The van der Waals surface area contributed by atoms with Crippen molar-refractivity contribution in [3.63, 3.8) is 0 Å². The Kier molecular flexibility index (Phi) is 5.15. The van der Waals surface area contributed by atoms with Crippen LogP contribution in [0.2, 0.25) is 0 Å². The van der Waals surface area contributed by atoms with Crippen molar-refractivity contribution in [2.45, 2.75) is 20.0 Å². The molecule has 4 nitrogen and oxygen atoms in total. The highest BCUT2D eigenvalue weighted by Gasteiger charge is 2.15. The predicted molar refractivity (Wildman–Crippen MR) is 68.3 cm³/mol. The zero-order valence-corrected chi connectivity index (χ0v) is 11.3. The number of carbonyl (C=O) groups is 2. The molecular weight excluding hydrogens is 286 g/mol. The van der Waals surface area contributed by atoms with Gasteiger partial charge < -0.3 is 10.1 Å². The fourth-order valence-corrected chi connectivity index (χ4v) is 1.66. The molecule has 17 heavy (non-hydrogen) atoms. The monoisotopic (exact) mass is 299 g/mol. The van der Waals surface area contributed by atoms with Gasteiger partial charge in [-0.1, -0.05) is 15.9 Å². The maximum absolute atomic E-state index is 11.5. The Labute approximate surface area is 108 Å². The average Bonchev–Trinajstić information content (AvgIpc) is 2.31. The lowest BCUT2D eigenvalue weighted by Crippen LogP contribution is -2.36. The molecule has 0 spiro atoms. The van der Waals surface area contributed by atoms with E-state index in [-0.39, 0.29) is 5.91 Å². The van der Waals surface area contributed by atoms with Gasteiger partial charge in [-0.15, -0.1) is 0 Å². The summed E-state index contributed by atoms with van der Waals surface area (Å²) in [7, 11) is 0. The van der Waals surface area contributed by atoms with E-state index in [0.717, 1.165) is 4.47 Å². The Hall–Kier alpha value is -1.36. The molecule has 0 radical (unpaired) electrons. The molecular formula is C12H14BrNO3. The maximum Gasteiger partial charge on any atom is 0.260 e. The van der Waals surface area contributed by atoms with Crippen molar-refractivity contribution in [2.75, 3.05) is 6.54 Å². The number of halogens is 1. The molecule has 0 aliphatic rings. The number of carbonyl (C=O) groups excluding carboxylic acids is 2. The summed E-state index contributed by atoms with van der Waals surface area (Å²) >= 11 is 3.26. The van der Waals surface area contributed by atoms with Crippen LogP contribution in [0.3, 0.4) is 0 Å². The van der Waals surface area contributed by atoms with Crippen LogP contribution in [-0.4, -0.2) is 24.8 Å². The van der Waals surface area contributed by atoms with Crippen LogP contribution in [0.1, 0.15) is 24.2 Å². The summed E-state index contributed by atoms with van der Waals surface area (Å²) in [6.07, 6.45) is 0.0692. The Balaban J connectivity index is 2.80. The summed E-state index contributed by atoms with van der Waals surface area (Å²) in [5.41, 5.74) is 0.413. The van der Waals surface area contributed by atoms with Crippen LogP contribution in [0.5, 0.6) is 5.75 Å². The number of rotatable bonds is 5. The lowest BCUT2D eigenvalue weighted by molar-refractivity contribution is -0.127. The van der Waals surface area contributed by atoms with Gasteiger partial charge in [0, 0.05) is 11.0 Å². The molecule has 1 N–H and O–H groups in total. The predicted octanol–water partition coefficient (Wildman–Crippen LogP) is 2.17. The summed E-state index contributed by atoms with van der Waals surface area (Å²) in [4.78, 5) is 22.3. The molecule has 92 valence electrons. The van der Waals surface area contributed by atoms with Crippen molar-refractivity contribution >= 4 is 28.1 Å². The van der Waals surface area contributed by atoms with Crippen LogP contribution in [0.4, 0.5) is 0 Å². The fourth-order valence-electron chi connectivity index (χ4n) is 1.28. The molecule has 1 rings (SSSR count). The SMILES string of the molecule is CCNC(=O)[C@@H](C)Oc1ccc(Br)cc1C=O. The molecule has 0 saturated heterocycles. The van der Waals surface area contributed by atoms with Gasteiger partial charge in [-0.3, -0.25) is 9.59 Å². The van der Waals surface area contributed by atoms with Gasteiger partial charge in [-0.05, 0) is 32.0 Å². The Bertz CT molecular complexity index is 420. The van der Waals surface area contributed by atoms with E-state index in [1.54, 1.807) is 25.1 Å². The summed E-state index contributed by atoms with van der Waals surface area (Å²) in [5.74, 6) is 0.203. The molecule has 1 aromatic rings. The molecule has 1 atom stereocenters. The van der Waals surface area contributed by atoms with E-state index >= 15 is 0 Å². The van der Waals surface area contributed by atoms with Crippen molar-refractivity contribution in [3.8, 4) is 5.75 Å². The zero-order chi connectivity index (χ0) is 12.8. The molecule has 5 heteroatoms. The summed E-state index contributed by atoms with van der Waals surface area (Å²) in [5, 5.41) is 2.65. The van der Waals surface area contributed by atoms with Gasteiger partial charge >= 0.3 is 0 Å². The highest BCUT2D eigenvalue weighted by atomic mass is 79.9. The molecule has 0 saturated carbocycles. The normalized spacial score (nSPS) is 11.7. The molecule has 1 amide bonds. The summed E-state index contributed by atoms with van der Waals surface area (Å²) in [6.45, 7) is 4.02. The first-order valence-electron chi connectivity index (χ1n) is 5.27. The van der Waals surface area contributed by atoms with Crippen LogP contribution in [0, 0.1) is 0 Å². The molecule has 0 bridgehead atoms. The number of hydrogen-bond donors (Lipinski definition) is 1. The largest absolute Gasteiger partial charge is 0.480 e. The molecule has 0 aromatic heterocycles. The number of amides is 1. The van der Waals surface area contributed by atoms with Gasteiger partial charge in [0.25, 0.3) is 5.91 Å². The van der Waals surface area contributed by atoms with E-state index in [1.165, 1.54) is 0 Å². The summed E-state index contributed by atoms with van der Waals surface area (Å²) in [6, 6.07) is 5.06. The van der Waals surface area contributed by atoms with Gasteiger partial charge in [0.05, 0.1) is 5.56 Å². The van der Waals surface area contributed by atoms with Crippen molar-refractivity contribution in [2.24, 2.45) is 0 Å². The minimum absolute atomic E-state index is 0.202. The number of ether oxygens (including phenoxy) is 1. The Morgan fingerprint density at radius 1 is 1.59 bits per heavy atom.